The number of hydrogen-bond acceptors (Lipinski definition) is 28. The Bertz CT molecular complexity index is 4910. The highest BCUT2D eigenvalue weighted by molar-refractivity contribution is 6.06. The third-order valence-electron chi connectivity index (χ3n) is 25.8. The van der Waals surface area contributed by atoms with E-state index in [-0.39, 0.29) is 37.0 Å². The molecule has 0 radical (unpaired) electrons. The lowest BCUT2D eigenvalue weighted by Gasteiger charge is -2.42. The Balaban J connectivity index is 2.34. The number of carbonyl (C=O) groups is 25. The number of urea groups is 1. The minimum Gasteiger partial charge on any atom is -0.458 e. The van der Waals surface area contributed by atoms with Crippen LogP contribution in [0.15, 0.2) is 30.3 Å². The molecule has 52 heteroatoms. The number of esters is 1. The topological polar surface area (TPSA) is 768 Å². The molecular formula is C93H150N24O28. The maximum atomic E-state index is 15.6. The Morgan fingerprint density at radius 3 is 1.52 bits per heavy atom. The Morgan fingerprint density at radius 1 is 0.517 bits per heavy atom. The van der Waals surface area contributed by atoms with Gasteiger partial charge in [-0.1, -0.05) is 133 Å². The second-order valence-corrected chi connectivity index (χ2v) is 38.3. The first-order chi connectivity index (χ1) is 67.2. The molecule has 2 fully saturated rings. The maximum absolute atomic E-state index is 15.6. The molecule has 0 aliphatic carbocycles. The van der Waals surface area contributed by atoms with Gasteiger partial charge in [-0.25, -0.2) is 9.59 Å². The molecule has 1 aromatic carbocycles. The number of hydrogen-bond donors (Lipinski definition) is 17. The minimum absolute atomic E-state index is 0.0102. The molecule has 0 aromatic heterocycles. The highest BCUT2D eigenvalue weighted by atomic mass is 16.5. The number of primary amides is 6. The van der Waals surface area contributed by atoms with Crippen molar-refractivity contribution in [2.75, 3.05) is 69.6 Å². The molecule has 25 amide bonds. The van der Waals surface area contributed by atoms with Crippen LogP contribution in [-0.4, -0.2) is 370 Å². The van der Waals surface area contributed by atoms with Gasteiger partial charge in [0.2, 0.25) is 136 Å². The molecule has 0 saturated carbocycles. The van der Waals surface area contributed by atoms with Gasteiger partial charge in [0.15, 0.2) is 5.72 Å². The van der Waals surface area contributed by atoms with E-state index in [1.54, 1.807) is 99.6 Å². The Hall–Kier alpha value is -14.1. The molecular weight excluding hydrogens is 1900 g/mol. The zero-order chi connectivity index (χ0) is 111. The van der Waals surface area contributed by atoms with Crippen LogP contribution in [0, 0.1) is 41.4 Å². The second kappa shape index (κ2) is 56.2. The zero-order valence-corrected chi connectivity index (χ0v) is 86.9. The van der Waals surface area contributed by atoms with Crippen molar-refractivity contribution in [1.82, 2.24) is 92.4 Å². The number of ether oxygens (including phenoxy) is 2. The highest BCUT2D eigenvalue weighted by Crippen LogP contribution is 2.32. The summed E-state index contributed by atoms with van der Waals surface area (Å²) in [5, 5.41) is 35.6. The number of nitrogens with one attached hydrogen (secondary N) is 10. The molecule has 810 valence electrons. The highest BCUT2D eigenvalue weighted by Gasteiger charge is 2.56. The number of nitrogens with two attached hydrogens (primary N) is 6. The largest absolute Gasteiger partial charge is 0.458 e. The summed E-state index contributed by atoms with van der Waals surface area (Å²) in [6.45, 7) is 21.5. The van der Waals surface area contributed by atoms with Crippen molar-refractivity contribution in [1.29, 1.82) is 0 Å². The van der Waals surface area contributed by atoms with Crippen LogP contribution in [-0.2, 0) is 131 Å². The lowest BCUT2D eigenvalue weighted by molar-refractivity contribution is -0.163. The van der Waals surface area contributed by atoms with E-state index in [1.807, 2.05) is 0 Å². The molecule has 2 saturated heterocycles. The molecule has 22 atom stereocenters. The lowest BCUT2D eigenvalue weighted by Crippen LogP contribution is -2.67. The van der Waals surface area contributed by atoms with E-state index in [2.05, 4.69) is 53.2 Å². The molecule has 145 heavy (non-hydrogen) atoms. The fraction of sp³-hybridized carbons (Fsp3) is 0.667. The van der Waals surface area contributed by atoms with Gasteiger partial charge >= 0.3 is 12.0 Å². The summed E-state index contributed by atoms with van der Waals surface area (Å²) in [5.41, 5.74) is 31.8. The van der Waals surface area contributed by atoms with E-state index in [0.717, 1.165) is 71.2 Å². The lowest BCUT2D eigenvalue weighted by atomic mass is 9.89. The van der Waals surface area contributed by atoms with Gasteiger partial charge in [-0.15, -0.1) is 0 Å². The normalized spacial score (nSPS) is 23.4. The number of rotatable bonds is 39. The number of fused-ring (bicyclic) bond motifs is 1. The summed E-state index contributed by atoms with van der Waals surface area (Å²) in [6.07, 6.45) is -8.28. The van der Waals surface area contributed by atoms with E-state index in [9.17, 15) is 86.6 Å². The molecule has 2 aliphatic heterocycles. The molecule has 0 spiro atoms. The monoisotopic (exact) mass is 2050 g/mol. The Morgan fingerprint density at radius 2 is 1.03 bits per heavy atom. The van der Waals surface area contributed by atoms with Crippen LogP contribution in [0.1, 0.15) is 181 Å². The Kier molecular flexibility index (Phi) is 48.5. The molecule has 52 nitrogen and oxygen atoms in total. The number of methoxy groups -OCH3 is 1. The van der Waals surface area contributed by atoms with Crippen molar-refractivity contribution >= 4 is 148 Å². The predicted molar refractivity (Wildman–Crippen MR) is 517 cm³/mol. The number of likely N-dealkylation sites (N-methyl/N-ethyl adjacent to an activating group) is 7. The molecule has 2 heterocycles. The first-order valence-electron chi connectivity index (χ1n) is 47.6. The van der Waals surface area contributed by atoms with Gasteiger partial charge in [0, 0.05) is 62.9 Å². The second-order valence-electron chi connectivity index (χ2n) is 38.3. The fourth-order valence-corrected chi connectivity index (χ4v) is 17.1. The summed E-state index contributed by atoms with van der Waals surface area (Å²) in [4.78, 5) is 364. The van der Waals surface area contributed by atoms with Gasteiger partial charge < -0.3 is 136 Å². The number of nitrogens with zero attached hydrogens (tertiary/aromatic N) is 8. The maximum Gasteiger partial charge on any atom is 0.329 e. The summed E-state index contributed by atoms with van der Waals surface area (Å²) in [5.74, 6) is -35.4. The number of imide groups is 1. The SMILES string of the molecule is CC[C@@H](C)[C@@H](C(=O)N(C)[C@H](C(=O)N(C)[C@@H](CC(C)C)C(=O)N[C@@H](CC(N)=O)C(=O)NC1C(=O)NC(CC(N)=O)C(=O)N(C)CC(=O)NC(CC(N)=O)C(=O)N[C@@H](C)C(=O)N[C@@H]([C@@H](C)CC)C(=O)N[C@H]2CC(=O)N[C@@]2(O)[C@H](C)C(=O)N(C(N)=O)[C@@H](CC(N)=O)C(=O)N[C@@H](C)C(=O)N(C)[C@@H]([C@@H](C)CC)C(=O)OC1C)C(C)C)N(C)C(=O)[C@H](CC(N)=O)N(C)C(=O)[C@H](C(C)C)N(C)C(=O)[C@@H](Cc1ccccc1)NC(=O)COC. The molecule has 23 N–H and O–H groups in total. The third-order valence-corrected chi connectivity index (χ3v) is 25.8. The Labute approximate surface area is 842 Å². The average Bonchev–Trinajstić information content (AvgIpc) is 1.63. The number of benzene rings is 1. The fourth-order valence-electron chi connectivity index (χ4n) is 17.1. The standard InChI is InChI=1S/C93H150N24O28/c1-25-46(10)70-81(131)106-61-40-67(123)109-93(61,143)49(13)83(133)117(92(99)142)59(38-65(97)121)80(130)101-51(15)84(134)116(23)75(48(12)27-3)91(141)145-52(16)71(82(132)105-57(37-64(96)120)85(135)110(17)41-68(124)102-54(35-62(94)118)77(127)100-50(14)76(126)107-70)108-78(128)55(36-63(95)119)104-79(129)58(33-43(4)5)111(18)88(138)73(45(8)9)114(21)90(140)74(47(11)26-2)115(22)87(137)60(39-66(98)122)112(19)89(139)72(44(6)7)113(20)86(136)56(103-69(125)42-144-24)34-53-31-29-28-30-32-53/h28-32,43-52,54-61,70-75,143H,25-27,33-42H2,1-24H3,(H2,94,118)(H2,95,119)(H2,96,120)(H2,97,121)(H2,98,122)(H2,99,142)(H,100,127)(H,101,130)(H,102,124)(H,103,125)(H,104,129)(H,105,132)(H,106,131)(H,107,126)(H,108,128)(H,109,123)/t46-,47+,48-,49+,50-,51-,52?,54?,55-,56+,57?,58-,59-,60-,61-,70-,71?,72-,73-,74-,75-,93+/m0/s1. The molecule has 3 rings (SSSR count). The summed E-state index contributed by atoms with van der Waals surface area (Å²) < 4.78 is 11.0. The van der Waals surface area contributed by atoms with Crippen molar-refractivity contribution in [2.24, 2.45) is 75.8 Å². The van der Waals surface area contributed by atoms with Gasteiger partial charge in [-0.2, -0.15) is 0 Å². The van der Waals surface area contributed by atoms with Gasteiger partial charge in [-0.05, 0) is 75.2 Å². The van der Waals surface area contributed by atoms with Crippen LogP contribution in [0.2, 0.25) is 0 Å². The van der Waals surface area contributed by atoms with Crippen LogP contribution in [0.5, 0.6) is 0 Å². The quantitative estimate of drug-likeness (QED) is 0.0272. The first-order valence-corrected chi connectivity index (χ1v) is 47.6. The van der Waals surface area contributed by atoms with Gasteiger partial charge in [0.05, 0.1) is 57.0 Å². The summed E-state index contributed by atoms with van der Waals surface area (Å²) in [7, 11) is 9.46. The van der Waals surface area contributed by atoms with Crippen molar-refractivity contribution in [3.05, 3.63) is 35.9 Å². The molecule has 0 bridgehead atoms. The van der Waals surface area contributed by atoms with Crippen molar-refractivity contribution < 1.29 is 134 Å². The number of cyclic esters (lactones) is 1. The van der Waals surface area contributed by atoms with Crippen LogP contribution in [0.4, 0.5) is 4.79 Å². The third kappa shape index (κ3) is 34.6. The van der Waals surface area contributed by atoms with Gasteiger partial charge in [0.1, 0.15) is 103 Å². The molecule has 4 unspecified atom stereocenters. The van der Waals surface area contributed by atoms with Crippen LogP contribution >= 0.6 is 0 Å². The zero-order valence-electron chi connectivity index (χ0n) is 86.9. The molecule has 1 aromatic rings. The first kappa shape index (κ1) is 125. The molecule has 2 aliphatic rings. The van der Waals surface area contributed by atoms with Gasteiger partial charge in [0.25, 0.3) is 0 Å². The average molecular weight is 2050 g/mol. The minimum atomic E-state index is -2.92. The van der Waals surface area contributed by atoms with Crippen LogP contribution < -0.4 is 87.6 Å². The van der Waals surface area contributed by atoms with E-state index in [0.29, 0.717) is 10.5 Å². The number of aliphatic hydroxyl groups is 1. The number of amides is 25. The smallest absolute Gasteiger partial charge is 0.329 e. The predicted octanol–water partition coefficient (Wildman–Crippen LogP) is -7.36. The van der Waals surface area contributed by atoms with E-state index >= 15 is 38.4 Å². The van der Waals surface area contributed by atoms with Crippen molar-refractivity contribution in [2.45, 2.75) is 290 Å². The van der Waals surface area contributed by atoms with E-state index in [4.69, 9.17) is 43.9 Å². The van der Waals surface area contributed by atoms with Crippen molar-refractivity contribution in [3.8, 4) is 0 Å². The van der Waals surface area contributed by atoms with E-state index in [1.165, 1.54) is 56.2 Å². The van der Waals surface area contributed by atoms with Crippen LogP contribution in [0.3, 0.4) is 0 Å². The van der Waals surface area contributed by atoms with Gasteiger partial charge in [-0.3, -0.25) is 115 Å². The van der Waals surface area contributed by atoms with Crippen molar-refractivity contribution in [3.63, 3.8) is 0 Å². The summed E-state index contributed by atoms with van der Waals surface area (Å²) in [6, 6.07) is -22.3. The summed E-state index contributed by atoms with van der Waals surface area (Å²) >= 11 is 0. The van der Waals surface area contributed by atoms with Crippen LogP contribution in [0.25, 0.3) is 0 Å². The van der Waals surface area contributed by atoms with E-state index < -0.39 is 349 Å². The number of carbonyl (C=O) groups excluding carboxylic acids is 25.